The Kier molecular flexibility index (Phi) is 5.29. The van der Waals surface area contributed by atoms with Gasteiger partial charge in [-0.2, -0.15) is 0 Å². The minimum atomic E-state index is -0.512. The largest absolute Gasteiger partial charge is 0.491 e. The van der Waals surface area contributed by atoms with E-state index >= 15 is 0 Å². The van der Waals surface area contributed by atoms with Crippen LogP contribution in [0.3, 0.4) is 0 Å². The molecule has 1 N–H and O–H groups in total. The molecule has 0 aliphatic rings. The number of aliphatic hydroxyl groups is 1. The van der Waals surface area contributed by atoms with Gasteiger partial charge in [-0.15, -0.1) is 0 Å². The monoisotopic (exact) mass is 224 g/mol. The van der Waals surface area contributed by atoms with Gasteiger partial charge in [0.2, 0.25) is 0 Å². The maximum atomic E-state index is 9.54. The molecule has 0 saturated heterocycles. The molecule has 0 saturated carbocycles. The molecular weight excluding hydrogens is 204 g/mol. The fourth-order valence-corrected chi connectivity index (χ4v) is 1.39. The van der Waals surface area contributed by atoms with E-state index in [0.717, 1.165) is 11.3 Å². The van der Waals surface area contributed by atoms with Crippen molar-refractivity contribution < 1.29 is 14.6 Å². The Balaban J connectivity index is 2.47. The van der Waals surface area contributed by atoms with Gasteiger partial charge in [-0.05, 0) is 26.8 Å². The number of hydrogen-bond acceptors (Lipinski definition) is 3. The third kappa shape index (κ3) is 4.21. The molecule has 1 aromatic rings. The van der Waals surface area contributed by atoms with Gasteiger partial charge in [-0.3, -0.25) is 0 Å². The molecule has 1 rings (SSSR count). The number of hydrogen-bond donors (Lipinski definition) is 1. The Morgan fingerprint density at radius 3 is 2.44 bits per heavy atom. The van der Waals surface area contributed by atoms with Crippen LogP contribution in [0.25, 0.3) is 0 Å². The summed E-state index contributed by atoms with van der Waals surface area (Å²) >= 11 is 0. The maximum Gasteiger partial charge on any atom is 0.125 e. The van der Waals surface area contributed by atoms with Crippen LogP contribution in [0.5, 0.6) is 5.75 Å². The van der Waals surface area contributed by atoms with Crippen molar-refractivity contribution in [2.24, 2.45) is 0 Å². The molecule has 3 heteroatoms. The predicted molar refractivity (Wildman–Crippen MR) is 63.7 cm³/mol. The molecule has 0 aromatic heterocycles. The van der Waals surface area contributed by atoms with Crippen molar-refractivity contribution >= 4 is 0 Å². The number of ether oxygens (including phenoxy) is 2. The van der Waals surface area contributed by atoms with Crippen molar-refractivity contribution in [1.82, 2.24) is 0 Å². The van der Waals surface area contributed by atoms with Gasteiger partial charge >= 0.3 is 0 Å². The van der Waals surface area contributed by atoms with Crippen molar-refractivity contribution in [2.45, 2.75) is 33.0 Å². The maximum absolute atomic E-state index is 9.54. The Hall–Kier alpha value is -1.06. The second-order valence-electron chi connectivity index (χ2n) is 3.98. The second kappa shape index (κ2) is 6.51. The predicted octanol–water partition coefficient (Wildman–Crippen LogP) is 2.54. The summed E-state index contributed by atoms with van der Waals surface area (Å²) in [5, 5.41) is 9.54. The summed E-state index contributed by atoms with van der Waals surface area (Å²) in [5.74, 6) is 0.727. The Bertz CT molecular complexity index is 308. The molecule has 1 atom stereocenters. The molecule has 3 nitrogen and oxygen atoms in total. The fourth-order valence-electron chi connectivity index (χ4n) is 1.39. The van der Waals surface area contributed by atoms with Crippen molar-refractivity contribution in [2.75, 3.05) is 13.2 Å². The van der Waals surface area contributed by atoms with Crippen molar-refractivity contribution in [3.63, 3.8) is 0 Å². The van der Waals surface area contributed by atoms with E-state index < -0.39 is 6.10 Å². The van der Waals surface area contributed by atoms with Crippen molar-refractivity contribution in [1.29, 1.82) is 0 Å². The van der Waals surface area contributed by atoms with Gasteiger partial charge in [0.1, 0.15) is 12.4 Å². The molecule has 0 unspecified atom stereocenters. The van der Waals surface area contributed by atoms with Crippen LogP contribution in [0.1, 0.15) is 32.4 Å². The molecule has 0 aliphatic heterocycles. The van der Waals surface area contributed by atoms with E-state index in [1.54, 1.807) is 6.92 Å². The van der Waals surface area contributed by atoms with Gasteiger partial charge in [0.25, 0.3) is 0 Å². The van der Waals surface area contributed by atoms with E-state index in [2.05, 4.69) is 0 Å². The van der Waals surface area contributed by atoms with Crippen LogP contribution in [-0.4, -0.2) is 24.4 Å². The smallest absolute Gasteiger partial charge is 0.125 e. The zero-order valence-electron chi connectivity index (χ0n) is 10.1. The van der Waals surface area contributed by atoms with Gasteiger partial charge in [0, 0.05) is 5.56 Å². The van der Waals surface area contributed by atoms with Gasteiger partial charge in [-0.25, -0.2) is 0 Å². The first kappa shape index (κ1) is 13.0. The van der Waals surface area contributed by atoms with Crippen LogP contribution in [-0.2, 0) is 4.74 Å². The molecule has 1 aromatic carbocycles. The van der Waals surface area contributed by atoms with Gasteiger partial charge in [0.15, 0.2) is 0 Å². The lowest BCUT2D eigenvalue weighted by molar-refractivity contribution is 0.0543. The van der Waals surface area contributed by atoms with E-state index in [4.69, 9.17) is 9.47 Å². The molecule has 0 amide bonds. The van der Waals surface area contributed by atoms with E-state index in [1.807, 2.05) is 38.1 Å². The normalized spacial score (nSPS) is 12.8. The van der Waals surface area contributed by atoms with Gasteiger partial charge in [-0.1, -0.05) is 18.2 Å². The average molecular weight is 224 g/mol. The van der Waals surface area contributed by atoms with E-state index in [0.29, 0.717) is 13.2 Å². The van der Waals surface area contributed by atoms with Crippen LogP contribution in [0.4, 0.5) is 0 Å². The van der Waals surface area contributed by atoms with Crippen LogP contribution in [0.2, 0.25) is 0 Å². The third-order valence-electron chi connectivity index (χ3n) is 2.16. The first-order valence-corrected chi connectivity index (χ1v) is 5.62. The second-order valence-corrected chi connectivity index (χ2v) is 3.98. The lowest BCUT2D eigenvalue weighted by Crippen LogP contribution is -2.12. The van der Waals surface area contributed by atoms with Crippen LogP contribution >= 0.6 is 0 Å². The molecule has 0 bridgehead atoms. The Morgan fingerprint density at radius 1 is 1.12 bits per heavy atom. The van der Waals surface area contributed by atoms with E-state index in [-0.39, 0.29) is 6.10 Å². The number of aliphatic hydroxyl groups excluding tert-OH is 1. The molecule has 0 aliphatic carbocycles. The van der Waals surface area contributed by atoms with E-state index in [9.17, 15) is 5.11 Å². The average Bonchev–Trinajstić information content (AvgIpc) is 2.24. The number of benzene rings is 1. The first-order valence-electron chi connectivity index (χ1n) is 5.62. The van der Waals surface area contributed by atoms with Crippen LogP contribution < -0.4 is 4.74 Å². The summed E-state index contributed by atoms with van der Waals surface area (Å²) in [7, 11) is 0. The van der Waals surface area contributed by atoms with E-state index in [1.165, 1.54) is 0 Å². The summed E-state index contributed by atoms with van der Waals surface area (Å²) < 4.78 is 10.9. The summed E-state index contributed by atoms with van der Waals surface area (Å²) in [6.07, 6.45) is -0.294. The highest BCUT2D eigenvalue weighted by molar-refractivity contribution is 5.34. The number of para-hydroxylation sites is 1. The van der Waals surface area contributed by atoms with Crippen molar-refractivity contribution in [3.05, 3.63) is 29.8 Å². The molecule has 90 valence electrons. The zero-order chi connectivity index (χ0) is 12.0. The Labute approximate surface area is 97.0 Å². The standard InChI is InChI=1S/C13H20O3/c1-10(2)15-8-9-16-13-7-5-4-6-12(13)11(3)14/h4-7,10-11,14H,8-9H2,1-3H3/t11-/m0/s1. The van der Waals surface area contributed by atoms with Gasteiger partial charge < -0.3 is 14.6 Å². The minimum Gasteiger partial charge on any atom is -0.491 e. The van der Waals surface area contributed by atoms with Gasteiger partial charge in [0.05, 0.1) is 18.8 Å². The van der Waals surface area contributed by atoms with Crippen LogP contribution in [0, 0.1) is 0 Å². The third-order valence-corrected chi connectivity index (χ3v) is 2.16. The van der Waals surface area contributed by atoms with Crippen molar-refractivity contribution in [3.8, 4) is 5.75 Å². The fraction of sp³-hybridized carbons (Fsp3) is 0.538. The molecule has 0 heterocycles. The summed E-state index contributed by atoms with van der Waals surface area (Å²) in [6, 6.07) is 7.50. The quantitative estimate of drug-likeness (QED) is 0.755. The zero-order valence-corrected chi connectivity index (χ0v) is 10.1. The molecule has 0 fully saturated rings. The molecule has 16 heavy (non-hydrogen) atoms. The Morgan fingerprint density at radius 2 is 1.81 bits per heavy atom. The molecular formula is C13H20O3. The molecule has 0 radical (unpaired) electrons. The summed E-state index contributed by atoms with van der Waals surface area (Å²) in [6.45, 7) is 6.77. The highest BCUT2D eigenvalue weighted by Gasteiger charge is 2.07. The topological polar surface area (TPSA) is 38.7 Å². The molecule has 0 spiro atoms. The first-order chi connectivity index (χ1) is 7.61. The highest BCUT2D eigenvalue weighted by Crippen LogP contribution is 2.24. The summed E-state index contributed by atoms with van der Waals surface area (Å²) in [5.41, 5.74) is 0.812. The lowest BCUT2D eigenvalue weighted by atomic mass is 10.1. The highest BCUT2D eigenvalue weighted by atomic mass is 16.5. The number of rotatable bonds is 6. The summed E-state index contributed by atoms with van der Waals surface area (Å²) in [4.78, 5) is 0. The SMILES string of the molecule is CC(C)OCCOc1ccccc1[C@H](C)O. The minimum absolute atomic E-state index is 0.218. The lowest BCUT2D eigenvalue weighted by Gasteiger charge is -2.14. The van der Waals surface area contributed by atoms with Crippen LogP contribution in [0.15, 0.2) is 24.3 Å².